The Kier molecular flexibility index (Phi) is 7.76. The minimum absolute atomic E-state index is 0.103. The predicted octanol–water partition coefficient (Wildman–Crippen LogP) is 7.09. The van der Waals surface area contributed by atoms with Crippen LogP contribution in [0.15, 0.2) is 30.3 Å². The molecule has 34 heavy (non-hydrogen) atoms. The SMILES string of the molecule is [2H][C@]1(CC(C2CCCCC2)C2CCCCC2)C(=O)O[C@@H](C(C)(C)C)N1C(=O)OCc1ccccc1. The first kappa shape index (κ1) is 23.7. The van der Waals surface area contributed by atoms with Crippen molar-refractivity contribution in [2.75, 3.05) is 0 Å². The van der Waals surface area contributed by atoms with Gasteiger partial charge >= 0.3 is 12.1 Å². The van der Waals surface area contributed by atoms with Crippen molar-refractivity contribution < 1.29 is 20.4 Å². The summed E-state index contributed by atoms with van der Waals surface area (Å²) < 4.78 is 21.0. The summed E-state index contributed by atoms with van der Waals surface area (Å²) in [6.07, 6.45) is 10.9. The van der Waals surface area contributed by atoms with E-state index >= 15 is 0 Å². The normalized spacial score (nSPS) is 27.5. The van der Waals surface area contributed by atoms with Crippen LogP contribution in [0.2, 0.25) is 0 Å². The number of cyclic esters (lactones) is 1. The van der Waals surface area contributed by atoms with E-state index in [4.69, 9.17) is 9.47 Å². The largest absolute Gasteiger partial charge is 0.444 e. The predicted molar refractivity (Wildman–Crippen MR) is 133 cm³/mol. The lowest BCUT2D eigenvalue weighted by Gasteiger charge is -2.40. The standard InChI is InChI=1S/C29H43NO4/c1-29(2,3)27-30(28(32)33-20-21-13-7-4-8-14-21)25(26(31)34-27)19-24(22-15-9-5-10-16-22)23-17-11-6-12-18-23/h4,7-8,13-14,22-25,27H,5-6,9-12,15-20H2,1-3H3/t25-,27-/m0/s1/i25D. The molecule has 2 saturated carbocycles. The number of esters is 1. The Labute approximate surface area is 207 Å². The van der Waals surface area contributed by atoms with Crippen LogP contribution in [-0.2, 0) is 20.9 Å². The third-order valence-electron chi connectivity index (χ3n) is 8.06. The van der Waals surface area contributed by atoms with Gasteiger partial charge in [-0.1, -0.05) is 115 Å². The molecule has 1 saturated heterocycles. The van der Waals surface area contributed by atoms with E-state index < -0.39 is 29.7 Å². The van der Waals surface area contributed by atoms with Gasteiger partial charge in [0.25, 0.3) is 0 Å². The Morgan fingerprint density at radius 3 is 2.12 bits per heavy atom. The highest BCUT2D eigenvalue weighted by atomic mass is 16.6. The highest BCUT2D eigenvalue weighted by molar-refractivity contribution is 5.84. The summed E-state index contributed by atoms with van der Waals surface area (Å²) in [6, 6.07) is 7.76. The molecule has 0 radical (unpaired) electrons. The van der Waals surface area contributed by atoms with Crippen molar-refractivity contribution in [1.29, 1.82) is 0 Å². The third-order valence-corrected chi connectivity index (χ3v) is 8.06. The first-order chi connectivity index (χ1) is 16.7. The molecule has 1 aliphatic heterocycles. The molecule has 1 heterocycles. The lowest BCUT2D eigenvalue weighted by atomic mass is 9.67. The minimum Gasteiger partial charge on any atom is -0.444 e. The van der Waals surface area contributed by atoms with E-state index in [9.17, 15) is 11.0 Å². The van der Waals surface area contributed by atoms with Gasteiger partial charge in [-0.25, -0.2) is 9.59 Å². The van der Waals surface area contributed by atoms with Crippen molar-refractivity contribution in [3.63, 3.8) is 0 Å². The molecular formula is C29H43NO4. The molecule has 0 N–H and O–H groups in total. The molecule has 188 valence electrons. The molecule has 4 rings (SSSR count). The van der Waals surface area contributed by atoms with Gasteiger partial charge in [-0.3, -0.25) is 4.90 Å². The van der Waals surface area contributed by atoms with Gasteiger partial charge in [0.1, 0.15) is 12.6 Å². The fourth-order valence-electron chi connectivity index (χ4n) is 6.27. The maximum absolute atomic E-state index is 13.5. The average Bonchev–Trinajstić information content (AvgIpc) is 3.13. The number of rotatable bonds is 6. The van der Waals surface area contributed by atoms with Gasteiger partial charge in [-0.05, 0) is 29.7 Å². The second-order valence-corrected chi connectivity index (χ2v) is 11.6. The second-order valence-electron chi connectivity index (χ2n) is 11.6. The van der Waals surface area contributed by atoms with Crippen molar-refractivity contribution in [3.8, 4) is 0 Å². The molecule has 0 spiro atoms. The van der Waals surface area contributed by atoms with Crippen LogP contribution in [0.3, 0.4) is 0 Å². The lowest BCUT2D eigenvalue weighted by molar-refractivity contribution is -0.147. The van der Waals surface area contributed by atoms with Gasteiger partial charge in [0.05, 0.1) is 1.37 Å². The van der Waals surface area contributed by atoms with Gasteiger partial charge in [0.2, 0.25) is 0 Å². The monoisotopic (exact) mass is 470 g/mol. The van der Waals surface area contributed by atoms with Crippen molar-refractivity contribution in [2.45, 2.75) is 110 Å². The van der Waals surface area contributed by atoms with Gasteiger partial charge < -0.3 is 9.47 Å². The van der Waals surface area contributed by atoms with Crippen LogP contribution < -0.4 is 0 Å². The number of amides is 1. The van der Waals surface area contributed by atoms with E-state index in [0.29, 0.717) is 18.3 Å². The Bertz CT molecular complexity index is 839. The zero-order valence-corrected chi connectivity index (χ0v) is 21.3. The number of carbonyl (C=O) groups excluding carboxylic acids is 2. The second kappa shape index (κ2) is 11.1. The molecule has 5 nitrogen and oxygen atoms in total. The zero-order chi connectivity index (χ0) is 25.1. The fraction of sp³-hybridized carbons (Fsp3) is 0.724. The number of benzene rings is 1. The van der Waals surface area contributed by atoms with E-state index in [-0.39, 0.29) is 12.5 Å². The summed E-state index contributed by atoms with van der Waals surface area (Å²) >= 11 is 0. The Hall–Kier alpha value is -2.04. The molecule has 5 heteroatoms. The molecule has 1 aromatic carbocycles. The van der Waals surface area contributed by atoms with Crippen molar-refractivity contribution >= 4 is 12.1 Å². The fourth-order valence-corrected chi connectivity index (χ4v) is 6.27. The Balaban J connectivity index is 1.61. The summed E-state index contributed by atoms with van der Waals surface area (Å²) in [5, 5.41) is 0. The highest BCUT2D eigenvalue weighted by Gasteiger charge is 2.52. The molecular weight excluding hydrogens is 426 g/mol. The molecule has 0 bridgehead atoms. The number of ether oxygens (including phenoxy) is 2. The Morgan fingerprint density at radius 1 is 1.03 bits per heavy atom. The lowest BCUT2D eigenvalue weighted by Crippen LogP contribution is -2.49. The molecule has 0 unspecified atom stereocenters. The molecule has 2 atom stereocenters. The maximum Gasteiger partial charge on any atom is 0.413 e. The molecule has 2 aliphatic carbocycles. The summed E-state index contributed by atoms with van der Waals surface area (Å²) in [6.45, 7) is 5.92. The number of hydrogen-bond acceptors (Lipinski definition) is 4. The average molecular weight is 471 g/mol. The van der Waals surface area contributed by atoms with Gasteiger partial charge in [0, 0.05) is 5.41 Å². The van der Waals surface area contributed by atoms with E-state index in [2.05, 4.69) is 0 Å². The van der Waals surface area contributed by atoms with E-state index in [1.54, 1.807) is 0 Å². The number of carbonyl (C=O) groups is 2. The Morgan fingerprint density at radius 2 is 1.59 bits per heavy atom. The van der Waals surface area contributed by atoms with Crippen molar-refractivity contribution in [2.24, 2.45) is 23.2 Å². The van der Waals surface area contributed by atoms with Crippen molar-refractivity contribution in [1.82, 2.24) is 4.90 Å². The van der Waals surface area contributed by atoms with Crippen LogP contribution >= 0.6 is 0 Å². The van der Waals surface area contributed by atoms with Crippen LogP contribution in [-0.4, -0.2) is 29.2 Å². The first-order valence-electron chi connectivity index (χ1n) is 13.9. The smallest absolute Gasteiger partial charge is 0.413 e. The van der Waals surface area contributed by atoms with Crippen LogP contribution in [0.25, 0.3) is 0 Å². The third kappa shape index (κ3) is 5.95. The maximum atomic E-state index is 13.5. The zero-order valence-electron chi connectivity index (χ0n) is 22.3. The van der Waals surface area contributed by atoms with Crippen molar-refractivity contribution in [3.05, 3.63) is 35.9 Å². The van der Waals surface area contributed by atoms with Crippen LogP contribution in [0, 0.1) is 23.2 Å². The topological polar surface area (TPSA) is 55.8 Å². The van der Waals surface area contributed by atoms with Gasteiger partial charge in [0.15, 0.2) is 6.23 Å². The number of nitrogens with zero attached hydrogens (tertiary/aromatic N) is 1. The van der Waals surface area contributed by atoms with E-state index in [1.807, 2.05) is 51.1 Å². The molecule has 3 aliphatic rings. The van der Waals surface area contributed by atoms with Gasteiger partial charge in [-0.15, -0.1) is 0 Å². The highest BCUT2D eigenvalue weighted by Crippen LogP contribution is 2.44. The van der Waals surface area contributed by atoms with Crippen LogP contribution in [0.5, 0.6) is 0 Å². The summed E-state index contributed by atoms with van der Waals surface area (Å²) in [5.41, 5.74) is 0.340. The first-order valence-corrected chi connectivity index (χ1v) is 13.4. The quantitative estimate of drug-likeness (QED) is 0.417. The molecule has 3 fully saturated rings. The summed E-state index contributed by atoms with van der Waals surface area (Å²) in [4.78, 5) is 28.2. The van der Waals surface area contributed by atoms with Crippen LogP contribution in [0.1, 0.15) is 98.3 Å². The van der Waals surface area contributed by atoms with Gasteiger partial charge in [-0.2, -0.15) is 0 Å². The minimum atomic E-state index is -1.76. The van der Waals surface area contributed by atoms with E-state index in [0.717, 1.165) is 31.2 Å². The van der Waals surface area contributed by atoms with E-state index in [1.165, 1.54) is 43.4 Å². The number of hydrogen-bond donors (Lipinski definition) is 0. The summed E-state index contributed by atoms with van der Waals surface area (Å²) in [5.74, 6) is 0.671. The summed E-state index contributed by atoms with van der Waals surface area (Å²) in [7, 11) is 0. The molecule has 1 amide bonds. The molecule has 1 aromatic rings. The van der Waals surface area contributed by atoms with Crippen LogP contribution in [0.4, 0.5) is 4.79 Å². The molecule has 0 aromatic heterocycles.